The first-order valence-electron chi connectivity index (χ1n) is 6.51. The van der Waals surface area contributed by atoms with Crippen molar-refractivity contribution < 1.29 is 0 Å². The zero-order valence-corrected chi connectivity index (χ0v) is 10.7. The minimum Gasteiger partial charge on any atom is -0.368 e. The molecule has 0 saturated heterocycles. The van der Waals surface area contributed by atoms with Gasteiger partial charge in [0, 0.05) is 17.8 Å². The van der Waals surface area contributed by atoms with Gasteiger partial charge in [-0.25, -0.2) is 4.98 Å². The van der Waals surface area contributed by atoms with Crippen LogP contribution in [-0.4, -0.2) is 16.0 Å². The second kappa shape index (κ2) is 5.34. The van der Waals surface area contributed by atoms with Crippen LogP contribution in [0.1, 0.15) is 44.6 Å². The van der Waals surface area contributed by atoms with E-state index >= 15 is 0 Å². The molecule has 1 aliphatic rings. The van der Waals surface area contributed by atoms with Crippen LogP contribution in [0.3, 0.4) is 0 Å². The van der Waals surface area contributed by atoms with Crippen LogP contribution in [0, 0.1) is 12.8 Å². The summed E-state index contributed by atoms with van der Waals surface area (Å²) in [5, 5.41) is 3.52. The lowest BCUT2D eigenvalue weighted by molar-refractivity contribution is 0.502. The predicted octanol–water partition coefficient (Wildman–Crippen LogP) is 2.75. The van der Waals surface area contributed by atoms with Crippen molar-refractivity contribution in [3.05, 3.63) is 11.8 Å². The Bertz CT molecular complexity index is 378. The number of nitrogens with one attached hydrogen (secondary N) is 1. The monoisotopic (exact) mass is 234 g/mol. The van der Waals surface area contributed by atoms with Gasteiger partial charge in [-0.15, -0.1) is 0 Å². The zero-order valence-electron chi connectivity index (χ0n) is 10.7. The molecule has 94 valence electrons. The Morgan fingerprint density at radius 1 is 1.29 bits per heavy atom. The molecule has 1 aromatic rings. The van der Waals surface area contributed by atoms with E-state index < -0.39 is 0 Å². The van der Waals surface area contributed by atoms with Gasteiger partial charge in [-0.05, 0) is 32.1 Å². The fourth-order valence-electron chi connectivity index (χ4n) is 2.43. The molecule has 1 aromatic heterocycles. The molecule has 2 rings (SSSR count). The average Bonchev–Trinajstić information content (AvgIpc) is 2.49. The van der Waals surface area contributed by atoms with Gasteiger partial charge in [-0.1, -0.05) is 19.8 Å². The van der Waals surface area contributed by atoms with Crippen LogP contribution in [0.25, 0.3) is 0 Å². The number of aromatic nitrogens is 2. The Morgan fingerprint density at radius 2 is 2.12 bits per heavy atom. The standard InChI is InChI=1S/C13H22N4/c1-9-4-3-5-11(7-6-9)16-12-10(2)8-15-13(14)17-12/h8-9,11H,3-7H2,1-2H3,(H3,14,15,16,17). The van der Waals surface area contributed by atoms with Crippen molar-refractivity contribution in [1.29, 1.82) is 0 Å². The summed E-state index contributed by atoms with van der Waals surface area (Å²) in [5.74, 6) is 2.11. The van der Waals surface area contributed by atoms with Gasteiger partial charge in [0.15, 0.2) is 0 Å². The minimum atomic E-state index is 0.347. The Morgan fingerprint density at radius 3 is 2.94 bits per heavy atom. The van der Waals surface area contributed by atoms with Crippen molar-refractivity contribution >= 4 is 11.8 Å². The SMILES string of the molecule is Cc1cnc(N)nc1NC1CCCC(C)CC1. The fraction of sp³-hybridized carbons (Fsp3) is 0.692. The normalized spacial score (nSPS) is 25.3. The second-order valence-corrected chi connectivity index (χ2v) is 5.21. The molecule has 1 fully saturated rings. The molecule has 1 heterocycles. The van der Waals surface area contributed by atoms with E-state index in [0.717, 1.165) is 17.3 Å². The third kappa shape index (κ3) is 3.32. The molecule has 2 unspecified atom stereocenters. The predicted molar refractivity (Wildman–Crippen MR) is 70.8 cm³/mol. The van der Waals surface area contributed by atoms with E-state index in [1.165, 1.54) is 32.1 Å². The highest BCUT2D eigenvalue weighted by atomic mass is 15.1. The highest BCUT2D eigenvalue weighted by molar-refractivity contribution is 5.45. The molecule has 0 amide bonds. The van der Waals surface area contributed by atoms with Crippen LogP contribution < -0.4 is 11.1 Å². The molecule has 0 radical (unpaired) electrons. The Kier molecular flexibility index (Phi) is 3.82. The summed E-state index contributed by atoms with van der Waals surface area (Å²) < 4.78 is 0. The number of anilines is 2. The van der Waals surface area contributed by atoms with Crippen molar-refractivity contribution in [3.63, 3.8) is 0 Å². The van der Waals surface area contributed by atoms with Gasteiger partial charge in [0.2, 0.25) is 5.95 Å². The molecule has 4 nitrogen and oxygen atoms in total. The van der Waals surface area contributed by atoms with Crippen LogP contribution in [0.4, 0.5) is 11.8 Å². The van der Waals surface area contributed by atoms with Crippen molar-refractivity contribution in [1.82, 2.24) is 9.97 Å². The lowest BCUT2D eigenvalue weighted by Crippen LogP contribution is -2.20. The molecule has 0 aromatic carbocycles. The number of hydrogen-bond acceptors (Lipinski definition) is 4. The molecular weight excluding hydrogens is 212 g/mol. The Balaban J connectivity index is 2.02. The number of nitrogens with zero attached hydrogens (tertiary/aromatic N) is 2. The van der Waals surface area contributed by atoms with E-state index in [-0.39, 0.29) is 0 Å². The topological polar surface area (TPSA) is 63.8 Å². The third-order valence-corrected chi connectivity index (χ3v) is 3.59. The first kappa shape index (κ1) is 12.1. The average molecular weight is 234 g/mol. The second-order valence-electron chi connectivity index (χ2n) is 5.21. The summed E-state index contributed by atoms with van der Waals surface area (Å²) in [4.78, 5) is 8.26. The summed E-state index contributed by atoms with van der Waals surface area (Å²) in [6, 6.07) is 0.535. The van der Waals surface area contributed by atoms with Gasteiger partial charge in [-0.3, -0.25) is 0 Å². The van der Waals surface area contributed by atoms with E-state index in [2.05, 4.69) is 22.2 Å². The fourth-order valence-corrected chi connectivity index (χ4v) is 2.43. The maximum Gasteiger partial charge on any atom is 0.221 e. The molecular formula is C13H22N4. The first-order chi connectivity index (χ1) is 8.15. The van der Waals surface area contributed by atoms with Crippen LogP contribution in [0.2, 0.25) is 0 Å². The van der Waals surface area contributed by atoms with Crippen LogP contribution in [0.5, 0.6) is 0 Å². The maximum atomic E-state index is 5.62. The summed E-state index contributed by atoms with van der Waals surface area (Å²) >= 11 is 0. The molecule has 4 heteroatoms. The highest BCUT2D eigenvalue weighted by Crippen LogP contribution is 2.25. The third-order valence-electron chi connectivity index (χ3n) is 3.59. The number of nitrogens with two attached hydrogens (primary N) is 1. The molecule has 0 bridgehead atoms. The van der Waals surface area contributed by atoms with Crippen LogP contribution in [-0.2, 0) is 0 Å². The molecule has 0 aliphatic heterocycles. The summed E-state index contributed by atoms with van der Waals surface area (Å²) in [5.41, 5.74) is 6.69. The van der Waals surface area contributed by atoms with Gasteiger partial charge in [0.25, 0.3) is 0 Å². The largest absolute Gasteiger partial charge is 0.368 e. The summed E-state index contributed by atoms with van der Waals surface area (Å²) in [6.07, 6.45) is 8.20. The maximum absolute atomic E-state index is 5.62. The molecule has 2 atom stereocenters. The lowest BCUT2D eigenvalue weighted by atomic mass is 10.0. The Hall–Kier alpha value is -1.32. The van der Waals surface area contributed by atoms with Crippen LogP contribution >= 0.6 is 0 Å². The van der Waals surface area contributed by atoms with E-state index in [9.17, 15) is 0 Å². The van der Waals surface area contributed by atoms with Gasteiger partial charge >= 0.3 is 0 Å². The van der Waals surface area contributed by atoms with Gasteiger partial charge in [0.1, 0.15) is 5.82 Å². The minimum absolute atomic E-state index is 0.347. The lowest BCUT2D eigenvalue weighted by Gasteiger charge is -2.18. The quantitative estimate of drug-likeness (QED) is 0.772. The number of rotatable bonds is 2. The van der Waals surface area contributed by atoms with Crippen molar-refractivity contribution in [2.75, 3.05) is 11.1 Å². The molecule has 0 spiro atoms. The smallest absolute Gasteiger partial charge is 0.221 e. The van der Waals surface area contributed by atoms with E-state index in [1.807, 2.05) is 6.92 Å². The van der Waals surface area contributed by atoms with Gasteiger partial charge < -0.3 is 11.1 Å². The highest BCUT2D eigenvalue weighted by Gasteiger charge is 2.17. The van der Waals surface area contributed by atoms with Crippen molar-refractivity contribution in [2.24, 2.45) is 5.92 Å². The van der Waals surface area contributed by atoms with Crippen molar-refractivity contribution in [3.8, 4) is 0 Å². The molecule has 3 N–H and O–H groups in total. The van der Waals surface area contributed by atoms with Crippen molar-refractivity contribution in [2.45, 2.75) is 52.0 Å². The van der Waals surface area contributed by atoms with Gasteiger partial charge in [0.05, 0.1) is 0 Å². The molecule has 1 aliphatic carbocycles. The van der Waals surface area contributed by atoms with Crippen LogP contribution in [0.15, 0.2) is 6.20 Å². The zero-order chi connectivity index (χ0) is 12.3. The Labute approximate surface area is 103 Å². The summed E-state index contributed by atoms with van der Waals surface area (Å²) in [6.45, 7) is 4.36. The molecule has 17 heavy (non-hydrogen) atoms. The number of aryl methyl sites for hydroxylation is 1. The molecule has 1 saturated carbocycles. The number of nitrogen functional groups attached to an aromatic ring is 1. The van der Waals surface area contributed by atoms with E-state index in [1.54, 1.807) is 6.20 Å². The summed E-state index contributed by atoms with van der Waals surface area (Å²) in [7, 11) is 0. The number of hydrogen-bond donors (Lipinski definition) is 2. The van der Waals surface area contributed by atoms with Gasteiger partial charge in [-0.2, -0.15) is 4.98 Å². The van der Waals surface area contributed by atoms with E-state index in [4.69, 9.17) is 5.73 Å². The van der Waals surface area contributed by atoms with E-state index in [0.29, 0.717) is 12.0 Å². The first-order valence-corrected chi connectivity index (χ1v) is 6.51.